The highest BCUT2D eigenvalue weighted by molar-refractivity contribution is 9.10. The third-order valence-corrected chi connectivity index (χ3v) is 6.00. The fourth-order valence-electron chi connectivity index (χ4n) is 3.26. The summed E-state index contributed by atoms with van der Waals surface area (Å²) in [5, 5.41) is 9.83. The molecule has 0 fully saturated rings. The van der Waals surface area contributed by atoms with Gasteiger partial charge in [0.05, 0.1) is 17.8 Å². The van der Waals surface area contributed by atoms with Crippen LogP contribution in [0.1, 0.15) is 18.1 Å². The number of anilines is 2. The molecule has 38 heavy (non-hydrogen) atoms. The van der Waals surface area contributed by atoms with Gasteiger partial charge in [0.2, 0.25) is 0 Å². The van der Waals surface area contributed by atoms with Crippen molar-refractivity contribution < 1.29 is 23.9 Å². The highest BCUT2D eigenvalue weighted by Gasteiger charge is 2.16. The van der Waals surface area contributed by atoms with Crippen LogP contribution in [0.5, 0.6) is 11.5 Å². The number of hydrogen-bond acceptors (Lipinski definition) is 6. The Morgan fingerprint density at radius 1 is 1.00 bits per heavy atom. The molecular formula is C26H23BrCl2N4O5. The molecule has 3 amide bonds. The van der Waals surface area contributed by atoms with Crippen molar-refractivity contribution in [2.24, 2.45) is 5.10 Å². The minimum Gasteiger partial charge on any atom is -0.493 e. The third kappa shape index (κ3) is 8.20. The molecule has 3 rings (SSSR count). The summed E-state index contributed by atoms with van der Waals surface area (Å²) < 4.78 is 11.5. The van der Waals surface area contributed by atoms with Crippen LogP contribution >= 0.6 is 39.1 Å². The van der Waals surface area contributed by atoms with Gasteiger partial charge in [0.1, 0.15) is 0 Å². The van der Waals surface area contributed by atoms with Gasteiger partial charge in [-0.3, -0.25) is 14.4 Å². The summed E-state index contributed by atoms with van der Waals surface area (Å²) in [4.78, 5) is 36.7. The summed E-state index contributed by atoms with van der Waals surface area (Å²) in [7, 11) is 1.43. The molecule has 0 bridgehead atoms. The number of carbonyl (C=O) groups is 3. The van der Waals surface area contributed by atoms with Crippen molar-refractivity contribution in [3.63, 3.8) is 0 Å². The summed E-state index contributed by atoms with van der Waals surface area (Å²) in [6.07, 6.45) is 2.03. The topological polar surface area (TPSA) is 118 Å². The molecule has 0 aliphatic heterocycles. The normalized spacial score (nSPS) is 10.7. The van der Waals surface area contributed by atoms with E-state index in [1.165, 1.54) is 13.3 Å². The molecule has 0 saturated carbocycles. The van der Waals surface area contributed by atoms with Gasteiger partial charge in [0.25, 0.3) is 5.91 Å². The van der Waals surface area contributed by atoms with Crippen LogP contribution in [0.15, 0.2) is 64.2 Å². The van der Waals surface area contributed by atoms with Crippen LogP contribution in [0.3, 0.4) is 0 Å². The van der Waals surface area contributed by atoms with E-state index in [4.69, 9.17) is 32.7 Å². The molecule has 0 heterocycles. The molecule has 9 nitrogen and oxygen atoms in total. The number of ether oxygens (including phenoxy) is 2. The molecule has 0 aromatic heterocycles. The van der Waals surface area contributed by atoms with Crippen LogP contribution in [-0.4, -0.2) is 37.7 Å². The fraction of sp³-hybridized carbons (Fsp3) is 0.154. The molecule has 0 radical (unpaired) electrons. The van der Waals surface area contributed by atoms with Crippen molar-refractivity contribution >= 4 is 74.4 Å². The number of para-hydroxylation sites is 1. The van der Waals surface area contributed by atoms with Gasteiger partial charge in [-0.2, -0.15) is 5.10 Å². The molecule has 3 aromatic rings. The number of carbonyl (C=O) groups excluding carboxylic acids is 3. The van der Waals surface area contributed by atoms with Crippen LogP contribution in [0.4, 0.5) is 11.4 Å². The van der Waals surface area contributed by atoms with Crippen molar-refractivity contribution in [1.29, 1.82) is 0 Å². The lowest BCUT2D eigenvalue weighted by molar-refractivity contribution is -0.136. The van der Waals surface area contributed by atoms with Gasteiger partial charge in [-0.15, -0.1) is 0 Å². The molecule has 0 aliphatic rings. The number of aryl methyl sites for hydroxylation is 1. The Labute approximate surface area is 237 Å². The fourth-order valence-corrected chi connectivity index (χ4v) is 4.36. The lowest BCUT2D eigenvalue weighted by atomic mass is 10.1. The van der Waals surface area contributed by atoms with Gasteiger partial charge in [-0.1, -0.05) is 48.3 Å². The second-order valence-corrected chi connectivity index (χ2v) is 9.42. The summed E-state index contributed by atoms with van der Waals surface area (Å²) >= 11 is 15.3. The summed E-state index contributed by atoms with van der Waals surface area (Å²) in [5.74, 6) is -1.62. The number of rotatable bonds is 9. The van der Waals surface area contributed by atoms with E-state index >= 15 is 0 Å². The Hall–Kier alpha value is -3.60. The number of methoxy groups -OCH3 is 1. The molecule has 3 N–H and O–H groups in total. The maximum absolute atomic E-state index is 12.3. The number of benzene rings is 3. The first-order valence-electron chi connectivity index (χ1n) is 11.2. The molecule has 0 atom stereocenters. The van der Waals surface area contributed by atoms with Crippen LogP contribution < -0.4 is 25.5 Å². The Bertz CT molecular complexity index is 1360. The largest absolute Gasteiger partial charge is 0.493 e. The molecule has 0 spiro atoms. The average Bonchev–Trinajstić information content (AvgIpc) is 2.87. The highest BCUT2D eigenvalue weighted by Crippen LogP contribution is 2.36. The predicted molar refractivity (Wildman–Crippen MR) is 151 cm³/mol. The van der Waals surface area contributed by atoms with E-state index in [1.807, 2.05) is 19.1 Å². The number of hydrogen-bond donors (Lipinski definition) is 3. The van der Waals surface area contributed by atoms with Gasteiger partial charge in [0.15, 0.2) is 18.1 Å². The maximum Gasteiger partial charge on any atom is 0.329 e. The minimum atomic E-state index is -0.926. The SMILES string of the molecule is CCc1ccccc1NC(=O)C(=O)N/N=C\c1cc(Br)c(OCC(=O)Nc2cc(Cl)cc(Cl)c2)c(OC)c1. The summed E-state index contributed by atoms with van der Waals surface area (Å²) in [5.41, 5.74) is 4.61. The molecule has 0 aliphatic carbocycles. The first-order chi connectivity index (χ1) is 18.2. The Morgan fingerprint density at radius 3 is 2.39 bits per heavy atom. The smallest absolute Gasteiger partial charge is 0.329 e. The maximum atomic E-state index is 12.3. The lowest BCUT2D eigenvalue weighted by Crippen LogP contribution is -2.32. The summed E-state index contributed by atoms with van der Waals surface area (Å²) in [6.45, 7) is 1.63. The number of nitrogens with zero attached hydrogens (tertiary/aromatic N) is 1. The van der Waals surface area contributed by atoms with E-state index in [0.717, 1.165) is 5.56 Å². The predicted octanol–water partition coefficient (Wildman–Crippen LogP) is 5.43. The summed E-state index contributed by atoms with van der Waals surface area (Å²) in [6, 6.07) is 15.1. The average molecular weight is 622 g/mol. The molecule has 0 unspecified atom stereocenters. The van der Waals surface area contributed by atoms with Crippen molar-refractivity contribution in [3.8, 4) is 11.5 Å². The minimum absolute atomic E-state index is 0.280. The second kappa shape index (κ2) is 13.8. The van der Waals surface area contributed by atoms with Gasteiger partial charge in [0, 0.05) is 21.4 Å². The number of hydrazone groups is 1. The van der Waals surface area contributed by atoms with Gasteiger partial charge in [-0.05, 0) is 69.9 Å². The molecule has 198 valence electrons. The van der Waals surface area contributed by atoms with Crippen molar-refractivity contribution in [3.05, 3.63) is 80.2 Å². The van der Waals surface area contributed by atoms with Crippen LogP contribution in [0.25, 0.3) is 0 Å². The zero-order chi connectivity index (χ0) is 27.7. The van der Waals surface area contributed by atoms with E-state index < -0.39 is 17.7 Å². The number of halogens is 3. The zero-order valence-electron chi connectivity index (χ0n) is 20.3. The van der Waals surface area contributed by atoms with E-state index in [0.29, 0.717) is 43.6 Å². The first-order valence-corrected chi connectivity index (χ1v) is 12.7. The van der Waals surface area contributed by atoms with Crippen LogP contribution in [0.2, 0.25) is 10.0 Å². The van der Waals surface area contributed by atoms with E-state index in [9.17, 15) is 14.4 Å². The van der Waals surface area contributed by atoms with E-state index in [-0.39, 0.29) is 12.4 Å². The quantitative estimate of drug-likeness (QED) is 0.167. The highest BCUT2D eigenvalue weighted by atomic mass is 79.9. The Morgan fingerprint density at radius 2 is 1.71 bits per heavy atom. The van der Waals surface area contributed by atoms with Crippen molar-refractivity contribution in [2.45, 2.75) is 13.3 Å². The van der Waals surface area contributed by atoms with Crippen molar-refractivity contribution in [2.75, 3.05) is 24.4 Å². The Balaban J connectivity index is 1.59. The molecule has 0 saturated heterocycles. The first kappa shape index (κ1) is 29.0. The molecular weight excluding hydrogens is 599 g/mol. The monoisotopic (exact) mass is 620 g/mol. The van der Waals surface area contributed by atoms with Gasteiger partial charge in [-0.25, -0.2) is 5.43 Å². The lowest BCUT2D eigenvalue weighted by Gasteiger charge is -2.13. The van der Waals surface area contributed by atoms with E-state index in [2.05, 4.69) is 37.1 Å². The Kier molecular flexibility index (Phi) is 10.5. The zero-order valence-corrected chi connectivity index (χ0v) is 23.4. The van der Waals surface area contributed by atoms with Gasteiger partial charge >= 0.3 is 11.8 Å². The van der Waals surface area contributed by atoms with Crippen molar-refractivity contribution in [1.82, 2.24) is 5.43 Å². The molecule has 3 aromatic carbocycles. The van der Waals surface area contributed by atoms with E-state index in [1.54, 1.807) is 42.5 Å². The van der Waals surface area contributed by atoms with Crippen LogP contribution in [-0.2, 0) is 20.8 Å². The van der Waals surface area contributed by atoms with Gasteiger partial charge < -0.3 is 20.1 Å². The number of nitrogens with one attached hydrogen (secondary N) is 3. The molecule has 12 heteroatoms. The third-order valence-electron chi connectivity index (χ3n) is 4.98. The number of amides is 3. The second-order valence-electron chi connectivity index (χ2n) is 7.69. The standard InChI is InChI=1S/C26H23BrCl2N4O5/c1-3-16-6-4-5-7-21(16)32-25(35)26(36)33-30-13-15-8-20(27)24(22(9-15)37-2)38-14-23(34)31-19-11-17(28)10-18(29)12-19/h4-13H,3,14H2,1-2H3,(H,31,34)(H,32,35)(H,33,36)/b30-13-. The van der Waals surface area contributed by atoms with Crippen LogP contribution in [0, 0.1) is 0 Å².